The van der Waals surface area contributed by atoms with Gasteiger partial charge in [0.05, 0.1) is 24.1 Å². The number of para-hydroxylation sites is 1. The molecule has 8 nitrogen and oxygen atoms in total. The number of nitro benzene ring substituents is 1. The van der Waals surface area contributed by atoms with E-state index in [4.69, 9.17) is 14.9 Å². The summed E-state index contributed by atoms with van der Waals surface area (Å²) in [6.07, 6.45) is 0. The van der Waals surface area contributed by atoms with Crippen LogP contribution in [0.1, 0.15) is 5.89 Å². The highest BCUT2D eigenvalue weighted by Crippen LogP contribution is 2.36. The zero-order chi connectivity index (χ0) is 13.1. The third-order valence-electron chi connectivity index (χ3n) is 2.27. The average molecular weight is 250 g/mol. The van der Waals surface area contributed by atoms with Crippen LogP contribution in [0.5, 0.6) is 5.75 Å². The molecule has 0 spiro atoms. The van der Waals surface area contributed by atoms with E-state index in [0.717, 1.165) is 0 Å². The van der Waals surface area contributed by atoms with Gasteiger partial charge in [-0.2, -0.15) is 0 Å². The standard InChI is InChI=1S/C10H10N4O4/c1-17-9-6(3-2-4-7(9)14(15)16)10-13-12-8(5-11)18-10/h2-4H,5,11H2,1H3. The fraction of sp³-hybridized carbons (Fsp3) is 0.200. The van der Waals surface area contributed by atoms with Crippen molar-refractivity contribution >= 4 is 5.69 Å². The summed E-state index contributed by atoms with van der Waals surface area (Å²) in [6.45, 7) is 0.101. The molecule has 0 saturated heterocycles. The van der Waals surface area contributed by atoms with Gasteiger partial charge in [0.25, 0.3) is 5.89 Å². The zero-order valence-corrected chi connectivity index (χ0v) is 9.49. The number of hydrogen-bond donors (Lipinski definition) is 1. The van der Waals surface area contributed by atoms with Gasteiger partial charge in [0.1, 0.15) is 0 Å². The fourth-order valence-corrected chi connectivity index (χ4v) is 1.50. The number of benzene rings is 1. The normalized spacial score (nSPS) is 10.3. The first-order valence-electron chi connectivity index (χ1n) is 5.01. The largest absolute Gasteiger partial charge is 0.490 e. The van der Waals surface area contributed by atoms with Crippen LogP contribution in [-0.4, -0.2) is 22.2 Å². The van der Waals surface area contributed by atoms with Crippen molar-refractivity contribution in [2.45, 2.75) is 6.54 Å². The summed E-state index contributed by atoms with van der Waals surface area (Å²) in [5.74, 6) is 0.462. The minimum absolute atomic E-state index is 0.0784. The SMILES string of the molecule is COc1c(-c2nnc(CN)o2)cccc1[N+](=O)[O-]. The number of aromatic nitrogens is 2. The van der Waals surface area contributed by atoms with Crippen LogP contribution in [0.3, 0.4) is 0 Å². The molecule has 0 unspecified atom stereocenters. The van der Waals surface area contributed by atoms with Crippen molar-refractivity contribution in [1.29, 1.82) is 0 Å². The van der Waals surface area contributed by atoms with E-state index in [9.17, 15) is 10.1 Å². The van der Waals surface area contributed by atoms with Crippen LogP contribution < -0.4 is 10.5 Å². The molecule has 0 aliphatic rings. The Labute approximate surface area is 102 Å². The molecule has 1 aromatic carbocycles. The molecule has 8 heteroatoms. The highest BCUT2D eigenvalue weighted by Gasteiger charge is 2.22. The summed E-state index contributed by atoms with van der Waals surface area (Å²) in [6, 6.07) is 4.45. The van der Waals surface area contributed by atoms with E-state index < -0.39 is 4.92 Å². The van der Waals surface area contributed by atoms with Crippen molar-refractivity contribution in [2.75, 3.05) is 7.11 Å². The second kappa shape index (κ2) is 4.80. The Morgan fingerprint density at radius 1 is 1.50 bits per heavy atom. The molecule has 0 aliphatic heterocycles. The molecule has 2 N–H and O–H groups in total. The lowest BCUT2D eigenvalue weighted by atomic mass is 10.1. The highest BCUT2D eigenvalue weighted by molar-refractivity contribution is 5.69. The number of nitrogens with zero attached hydrogens (tertiary/aromatic N) is 3. The maximum absolute atomic E-state index is 10.9. The van der Waals surface area contributed by atoms with Gasteiger partial charge in [-0.15, -0.1) is 10.2 Å². The molecule has 0 radical (unpaired) electrons. The summed E-state index contributed by atoms with van der Waals surface area (Å²) in [4.78, 5) is 10.3. The van der Waals surface area contributed by atoms with Gasteiger partial charge in [-0.1, -0.05) is 6.07 Å². The monoisotopic (exact) mass is 250 g/mol. The number of ether oxygens (including phenoxy) is 1. The number of methoxy groups -OCH3 is 1. The first-order chi connectivity index (χ1) is 8.67. The van der Waals surface area contributed by atoms with Crippen LogP contribution in [-0.2, 0) is 6.54 Å². The van der Waals surface area contributed by atoms with Crippen molar-refractivity contribution in [3.05, 3.63) is 34.2 Å². The van der Waals surface area contributed by atoms with Crippen LogP contribution in [0.4, 0.5) is 5.69 Å². The molecule has 2 aromatic rings. The minimum atomic E-state index is -0.539. The van der Waals surface area contributed by atoms with E-state index in [1.807, 2.05) is 0 Å². The summed E-state index contributed by atoms with van der Waals surface area (Å²) in [5, 5.41) is 18.3. The van der Waals surface area contributed by atoms with Crippen LogP contribution >= 0.6 is 0 Å². The third-order valence-corrected chi connectivity index (χ3v) is 2.27. The Morgan fingerprint density at radius 3 is 2.83 bits per heavy atom. The van der Waals surface area contributed by atoms with Gasteiger partial charge in [-0.25, -0.2) is 0 Å². The molecule has 2 rings (SSSR count). The summed E-state index contributed by atoms with van der Waals surface area (Å²) in [5.41, 5.74) is 5.55. The van der Waals surface area contributed by atoms with Gasteiger partial charge >= 0.3 is 5.69 Å². The Hall–Kier alpha value is -2.48. The first kappa shape index (κ1) is 12.0. The predicted octanol–water partition coefficient (Wildman–Crippen LogP) is 1.11. The number of nitrogens with two attached hydrogens (primary N) is 1. The highest BCUT2D eigenvalue weighted by atomic mass is 16.6. The minimum Gasteiger partial charge on any atom is -0.490 e. The smallest absolute Gasteiger partial charge is 0.311 e. The van der Waals surface area contributed by atoms with E-state index in [-0.39, 0.29) is 29.8 Å². The molecule has 0 amide bonds. The van der Waals surface area contributed by atoms with Crippen molar-refractivity contribution in [3.63, 3.8) is 0 Å². The molecule has 0 fully saturated rings. The molecule has 0 saturated carbocycles. The maximum atomic E-state index is 10.9. The van der Waals surface area contributed by atoms with Crippen molar-refractivity contribution < 1.29 is 14.1 Å². The van der Waals surface area contributed by atoms with Gasteiger partial charge in [0.2, 0.25) is 11.6 Å². The molecular formula is C10H10N4O4. The summed E-state index contributed by atoms with van der Waals surface area (Å²) >= 11 is 0. The molecule has 0 aliphatic carbocycles. The zero-order valence-electron chi connectivity index (χ0n) is 9.49. The van der Waals surface area contributed by atoms with E-state index in [0.29, 0.717) is 5.56 Å². The Balaban J connectivity index is 2.56. The predicted molar refractivity (Wildman–Crippen MR) is 60.8 cm³/mol. The maximum Gasteiger partial charge on any atom is 0.311 e. The fourth-order valence-electron chi connectivity index (χ4n) is 1.50. The number of hydrogen-bond acceptors (Lipinski definition) is 7. The summed E-state index contributed by atoms with van der Waals surface area (Å²) < 4.78 is 10.3. The lowest BCUT2D eigenvalue weighted by Gasteiger charge is -2.04. The van der Waals surface area contributed by atoms with E-state index in [1.165, 1.54) is 19.2 Å². The Bertz CT molecular complexity index is 581. The Kier molecular flexibility index (Phi) is 3.20. The van der Waals surface area contributed by atoms with Gasteiger partial charge in [-0.05, 0) is 6.07 Å². The van der Waals surface area contributed by atoms with Gasteiger partial charge in [0.15, 0.2) is 0 Å². The average Bonchev–Trinajstić information content (AvgIpc) is 2.86. The molecule has 1 aromatic heterocycles. The Morgan fingerprint density at radius 2 is 2.28 bits per heavy atom. The van der Waals surface area contributed by atoms with E-state index in [1.54, 1.807) is 6.07 Å². The molecule has 0 atom stereocenters. The van der Waals surface area contributed by atoms with Gasteiger partial charge in [-0.3, -0.25) is 10.1 Å². The molecule has 0 bridgehead atoms. The quantitative estimate of drug-likeness (QED) is 0.637. The van der Waals surface area contributed by atoms with Crippen molar-refractivity contribution in [3.8, 4) is 17.2 Å². The molecular weight excluding hydrogens is 240 g/mol. The van der Waals surface area contributed by atoms with E-state index >= 15 is 0 Å². The van der Waals surface area contributed by atoms with Crippen molar-refractivity contribution in [2.24, 2.45) is 5.73 Å². The van der Waals surface area contributed by atoms with Crippen LogP contribution in [0.2, 0.25) is 0 Å². The van der Waals surface area contributed by atoms with E-state index in [2.05, 4.69) is 10.2 Å². The summed E-state index contributed by atoms with van der Waals surface area (Å²) in [7, 11) is 1.34. The topological polar surface area (TPSA) is 117 Å². The first-order valence-corrected chi connectivity index (χ1v) is 5.01. The second-order valence-electron chi connectivity index (χ2n) is 3.32. The van der Waals surface area contributed by atoms with Crippen LogP contribution in [0.15, 0.2) is 22.6 Å². The van der Waals surface area contributed by atoms with Crippen molar-refractivity contribution in [1.82, 2.24) is 10.2 Å². The van der Waals surface area contributed by atoms with Gasteiger partial charge in [0, 0.05) is 6.07 Å². The second-order valence-corrected chi connectivity index (χ2v) is 3.32. The van der Waals surface area contributed by atoms with Crippen LogP contribution in [0.25, 0.3) is 11.5 Å². The van der Waals surface area contributed by atoms with Crippen LogP contribution in [0, 0.1) is 10.1 Å². The molecule has 18 heavy (non-hydrogen) atoms. The number of rotatable bonds is 4. The third kappa shape index (κ3) is 2.00. The lowest BCUT2D eigenvalue weighted by Crippen LogP contribution is -1.96. The molecule has 94 valence electrons. The van der Waals surface area contributed by atoms with Gasteiger partial charge < -0.3 is 14.9 Å². The lowest BCUT2D eigenvalue weighted by molar-refractivity contribution is -0.385. The molecule has 1 heterocycles. The number of nitro groups is 1.